The molecule has 0 aliphatic rings. The van der Waals surface area contributed by atoms with Crippen LogP contribution in [-0.2, 0) is 6.54 Å². The number of hydrogen-bond acceptors (Lipinski definition) is 3. The Labute approximate surface area is 170 Å². The maximum atomic E-state index is 5.97. The smallest absolute Gasteiger partial charge is 0.160 e. The van der Waals surface area contributed by atoms with E-state index in [0.717, 1.165) is 37.8 Å². The lowest BCUT2D eigenvalue weighted by Crippen LogP contribution is -2.09. The Morgan fingerprint density at radius 3 is 2.43 bits per heavy atom. The van der Waals surface area contributed by atoms with E-state index >= 15 is 0 Å². The van der Waals surface area contributed by atoms with Gasteiger partial charge in [-0.25, -0.2) is 9.97 Å². The van der Waals surface area contributed by atoms with Gasteiger partial charge >= 0.3 is 0 Å². The van der Waals surface area contributed by atoms with Gasteiger partial charge in [0.15, 0.2) is 5.65 Å². The second-order valence-electron chi connectivity index (χ2n) is 6.81. The van der Waals surface area contributed by atoms with Gasteiger partial charge in [0, 0.05) is 9.86 Å². The minimum atomic E-state index is 0.559. The molecular weight excluding hydrogens is 414 g/mol. The molecule has 5 aromatic rings. The summed E-state index contributed by atoms with van der Waals surface area (Å²) in [6.07, 6.45) is 0. The zero-order valence-electron chi connectivity index (χ0n) is 15.4. The topological polar surface area (TPSA) is 39.9 Å². The average molecular weight is 432 g/mol. The molecule has 4 nitrogen and oxygen atoms in total. The van der Waals surface area contributed by atoms with Gasteiger partial charge in [-0.05, 0) is 48.9 Å². The highest BCUT2D eigenvalue weighted by molar-refractivity contribution is 9.10. The summed E-state index contributed by atoms with van der Waals surface area (Å²) in [6, 6.07) is 22.3. The van der Waals surface area contributed by atoms with Crippen molar-refractivity contribution in [3.8, 4) is 5.75 Å². The molecule has 0 N–H and O–H groups in total. The first kappa shape index (κ1) is 17.2. The van der Waals surface area contributed by atoms with Gasteiger partial charge in [0.05, 0.1) is 23.1 Å². The van der Waals surface area contributed by atoms with E-state index in [1.165, 1.54) is 11.1 Å². The Morgan fingerprint density at radius 2 is 1.64 bits per heavy atom. The van der Waals surface area contributed by atoms with Crippen molar-refractivity contribution in [3.05, 3.63) is 76.8 Å². The lowest BCUT2D eigenvalue weighted by Gasteiger charge is -2.10. The summed E-state index contributed by atoms with van der Waals surface area (Å²) in [5.41, 5.74) is 6.06. The van der Waals surface area contributed by atoms with Gasteiger partial charge in [-0.2, -0.15) is 0 Å². The number of hydrogen-bond donors (Lipinski definition) is 0. The van der Waals surface area contributed by atoms with E-state index in [0.29, 0.717) is 13.2 Å². The molecule has 0 spiro atoms. The molecule has 0 aliphatic carbocycles. The van der Waals surface area contributed by atoms with E-state index in [4.69, 9.17) is 14.7 Å². The summed E-state index contributed by atoms with van der Waals surface area (Å²) in [5, 5.41) is 1.14. The molecule has 5 rings (SSSR count). The molecule has 0 bridgehead atoms. The predicted octanol–water partition coefficient (Wildman–Crippen LogP) is 5.89. The molecule has 2 heterocycles. The first-order valence-electron chi connectivity index (χ1n) is 9.23. The Kier molecular flexibility index (Phi) is 4.24. The number of fused-ring (bicyclic) bond motifs is 4. The van der Waals surface area contributed by atoms with Gasteiger partial charge in [0.1, 0.15) is 17.9 Å². The monoisotopic (exact) mass is 431 g/mol. The molecule has 3 aromatic carbocycles. The van der Waals surface area contributed by atoms with Crippen LogP contribution in [0.2, 0.25) is 0 Å². The fourth-order valence-electron chi connectivity index (χ4n) is 3.68. The summed E-state index contributed by atoms with van der Waals surface area (Å²) in [6.45, 7) is 3.39. The van der Waals surface area contributed by atoms with Gasteiger partial charge in [-0.15, -0.1) is 0 Å². The largest absolute Gasteiger partial charge is 0.492 e. The van der Waals surface area contributed by atoms with Crippen LogP contribution in [-0.4, -0.2) is 21.1 Å². The average Bonchev–Trinajstić information content (AvgIpc) is 3.02. The van der Waals surface area contributed by atoms with E-state index in [2.05, 4.69) is 45.6 Å². The molecule has 138 valence electrons. The third kappa shape index (κ3) is 2.92. The third-order valence-corrected chi connectivity index (χ3v) is 5.50. The molecule has 5 heteroatoms. The minimum Gasteiger partial charge on any atom is -0.492 e. The van der Waals surface area contributed by atoms with Crippen molar-refractivity contribution < 1.29 is 4.74 Å². The Bertz CT molecular complexity index is 1310. The molecule has 0 atom stereocenters. The van der Waals surface area contributed by atoms with Gasteiger partial charge in [-0.3, -0.25) is 0 Å². The van der Waals surface area contributed by atoms with Crippen molar-refractivity contribution in [2.75, 3.05) is 6.61 Å². The first-order chi connectivity index (χ1) is 13.7. The Morgan fingerprint density at radius 1 is 0.893 bits per heavy atom. The first-order valence-corrected chi connectivity index (χ1v) is 10.0. The van der Waals surface area contributed by atoms with Gasteiger partial charge in [-0.1, -0.05) is 46.3 Å². The molecule has 0 saturated carbocycles. The number of nitrogens with zero attached hydrogens (tertiary/aromatic N) is 3. The summed E-state index contributed by atoms with van der Waals surface area (Å²) >= 11 is 3.45. The normalized spacial score (nSPS) is 11.5. The van der Waals surface area contributed by atoms with Crippen molar-refractivity contribution in [3.63, 3.8) is 0 Å². The minimum absolute atomic E-state index is 0.559. The standard InChI is InChI=1S/C23H18BrN3O/c1-15-5-4-6-18-21-23(26-20-8-3-2-7-19(20)25-21)27(22(15)18)13-14-28-17-11-9-16(24)10-12-17/h2-12H,13-14H2,1H3. The SMILES string of the molecule is Cc1cccc2c3nc4ccccc4nc3n(CCOc3ccc(Br)cc3)c12. The second-order valence-corrected chi connectivity index (χ2v) is 7.73. The zero-order valence-corrected chi connectivity index (χ0v) is 17.0. The van der Waals surface area contributed by atoms with E-state index in [1.54, 1.807) is 0 Å². The second kappa shape index (κ2) is 6.91. The highest BCUT2D eigenvalue weighted by Crippen LogP contribution is 2.30. The molecule has 0 amide bonds. The van der Waals surface area contributed by atoms with Crippen LogP contribution in [0.25, 0.3) is 33.1 Å². The number of rotatable bonds is 4. The van der Waals surface area contributed by atoms with Crippen LogP contribution in [0.5, 0.6) is 5.75 Å². The van der Waals surface area contributed by atoms with Crippen molar-refractivity contribution in [1.29, 1.82) is 0 Å². The molecule has 0 aliphatic heterocycles. The molecular formula is C23H18BrN3O. The maximum absolute atomic E-state index is 5.97. The van der Waals surface area contributed by atoms with Gasteiger partial charge in [0.2, 0.25) is 0 Å². The van der Waals surface area contributed by atoms with Crippen molar-refractivity contribution in [2.24, 2.45) is 0 Å². The zero-order chi connectivity index (χ0) is 19.1. The van der Waals surface area contributed by atoms with Gasteiger partial charge < -0.3 is 9.30 Å². The Hall–Kier alpha value is -2.92. The highest BCUT2D eigenvalue weighted by Gasteiger charge is 2.15. The fourth-order valence-corrected chi connectivity index (χ4v) is 3.94. The van der Waals surface area contributed by atoms with Crippen LogP contribution in [0.1, 0.15) is 5.56 Å². The van der Waals surface area contributed by atoms with Crippen molar-refractivity contribution in [1.82, 2.24) is 14.5 Å². The molecule has 0 unspecified atom stereocenters. The van der Waals surface area contributed by atoms with Crippen molar-refractivity contribution >= 4 is 49.0 Å². The number of para-hydroxylation sites is 3. The predicted molar refractivity (Wildman–Crippen MR) is 117 cm³/mol. The summed E-state index contributed by atoms with van der Waals surface area (Å²) < 4.78 is 9.25. The van der Waals surface area contributed by atoms with Gasteiger partial charge in [0.25, 0.3) is 0 Å². The van der Waals surface area contributed by atoms with Crippen molar-refractivity contribution in [2.45, 2.75) is 13.5 Å². The van der Waals surface area contributed by atoms with E-state index in [1.807, 2.05) is 48.5 Å². The number of aromatic nitrogens is 3. The molecule has 2 aromatic heterocycles. The summed E-state index contributed by atoms with van der Waals surface area (Å²) in [5.74, 6) is 0.859. The van der Waals surface area contributed by atoms with Crippen LogP contribution < -0.4 is 4.74 Å². The van der Waals surface area contributed by atoms with E-state index in [-0.39, 0.29) is 0 Å². The molecule has 28 heavy (non-hydrogen) atoms. The summed E-state index contributed by atoms with van der Waals surface area (Å²) in [7, 11) is 0. The summed E-state index contributed by atoms with van der Waals surface area (Å²) in [4.78, 5) is 9.85. The lowest BCUT2D eigenvalue weighted by atomic mass is 10.1. The van der Waals surface area contributed by atoms with Crippen LogP contribution >= 0.6 is 15.9 Å². The number of benzene rings is 3. The molecule has 0 radical (unpaired) electrons. The number of halogens is 1. The van der Waals surface area contributed by atoms with E-state index in [9.17, 15) is 0 Å². The van der Waals surface area contributed by atoms with Crippen LogP contribution in [0, 0.1) is 6.92 Å². The number of ether oxygens (including phenoxy) is 1. The number of aryl methyl sites for hydroxylation is 1. The fraction of sp³-hybridized carbons (Fsp3) is 0.130. The molecule has 0 fully saturated rings. The maximum Gasteiger partial charge on any atom is 0.160 e. The molecule has 0 saturated heterocycles. The highest BCUT2D eigenvalue weighted by atomic mass is 79.9. The van der Waals surface area contributed by atoms with E-state index < -0.39 is 0 Å². The van der Waals surface area contributed by atoms with Crippen LogP contribution in [0.3, 0.4) is 0 Å². The lowest BCUT2D eigenvalue weighted by molar-refractivity contribution is 0.302. The third-order valence-electron chi connectivity index (χ3n) is 4.97. The Balaban J connectivity index is 1.60. The van der Waals surface area contributed by atoms with Crippen LogP contribution in [0.15, 0.2) is 71.2 Å². The quantitative estimate of drug-likeness (QED) is 0.356. The van der Waals surface area contributed by atoms with Crippen LogP contribution in [0.4, 0.5) is 0 Å².